The van der Waals surface area contributed by atoms with E-state index in [4.69, 9.17) is 22.2 Å². The Hall–Kier alpha value is -0.860. The van der Waals surface area contributed by atoms with Crippen LogP contribution in [0.1, 0.15) is 6.92 Å². The molecule has 14 heavy (non-hydrogen) atoms. The molecule has 0 radical (unpaired) electrons. The van der Waals surface area contributed by atoms with Gasteiger partial charge in [-0.15, -0.1) is 0 Å². The lowest BCUT2D eigenvalue weighted by molar-refractivity contribution is 0.203. The molecule has 0 spiro atoms. The lowest BCUT2D eigenvalue weighted by Crippen LogP contribution is -2.40. The smallest absolute Gasteiger partial charge is 0.168 e. The Labute approximate surface area is 90.8 Å². The highest BCUT2D eigenvalue weighted by Gasteiger charge is 2.07. The molecule has 0 aromatic heterocycles. The minimum atomic E-state index is -0.0119. The molecular weight excluding hydrogens is 198 g/mol. The van der Waals surface area contributed by atoms with Crippen molar-refractivity contribution in [1.29, 1.82) is 5.26 Å². The number of nitriles is 1. The highest BCUT2D eigenvalue weighted by molar-refractivity contribution is 7.80. The standard InChI is InChI=1S/C9H17N3OS/c1-8(6-10)7-12(2)9(14)11-4-5-13-3/h8H,4-5,7H2,1-3H3,(H,11,14). The quantitative estimate of drug-likeness (QED) is 0.537. The number of hydrogen-bond acceptors (Lipinski definition) is 3. The molecule has 1 N–H and O–H groups in total. The second-order valence-corrected chi connectivity index (χ2v) is 3.52. The van der Waals surface area contributed by atoms with Crippen LogP contribution >= 0.6 is 12.2 Å². The first-order valence-corrected chi connectivity index (χ1v) is 4.90. The summed E-state index contributed by atoms with van der Waals surface area (Å²) in [6, 6.07) is 2.16. The zero-order chi connectivity index (χ0) is 11.0. The van der Waals surface area contributed by atoms with Gasteiger partial charge in [-0.2, -0.15) is 5.26 Å². The maximum absolute atomic E-state index is 8.62. The monoisotopic (exact) mass is 215 g/mol. The Bertz CT molecular complexity index is 215. The van der Waals surface area contributed by atoms with E-state index < -0.39 is 0 Å². The molecule has 0 aromatic carbocycles. The lowest BCUT2D eigenvalue weighted by atomic mass is 10.2. The highest BCUT2D eigenvalue weighted by atomic mass is 32.1. The molecule has 0 saturated carbocycles. The van der Waals surface area contributed by atoms with Gasteiger partial charge >= 0.3 is 0 Å². The third-order valence-corrected chi connectivity index (χ3v) is 2.15. The van der Waals surface area contributed by atoms with Gasteiger partial charge in [-0.3, -0.25) is 0 Å². The van der Waals surface area contributed by atoms with E-state index in [9.17, 15) is 0 Å². The number of ether oxygens (including phenoxy) is 1. The van der Waals surface area contributed by atoms with Crippen LogP contribution in [0, 0.1) is 17.2 Å². The number of methoxy groups -OCH3 is 1. The van der Waals surface area contributed by atoms with Crippen molar-refractivity contribution in [2.45, 2.75) is 6.92 Å². The zero-order valence-corrected chi connectivity index (χ0v) is 9.73. The van der Waals surface area contributed by atoms with Gasteiger partial charge in [-0.05, 0) is 19.1 Å². The van der Waals surface area contributed by atoms with Crippen LogP contribution in [0.25, 0.3) is 0 Å². The van der Waals surface area contributed by atoms with E-state index in [0.717, 1.165) is 0 Å². The summed E-state index contributed by atoms with van der Waals surface area (Å²) in [4.78, 5) is 1.86. The van der Waals surface area contributed by atoms with Gasteiger partial charge in [0.25, 0.3) is 0 Å². The van der Waals surface area contributed by atoms with Gasteiger partial charge in [0.2, 0.25) is 0 Å². The summed E-state index contributed by atoms with van der Waals surface area (Å²) in [5, 5.41) is 12.3. The molecule has 0 amide bonds. The lowest BCUT2D eigenvalue weighted by Gasteiger charge is -2.21. The fourth-order valence-electron chi connectivity index (χ4n) is 0.930. The SMILES string of the molecule is COCCNC(=S)N(C)CC(C)C#N. The fraction of sp³-hybridized carbons (Fsp3) is 0.778. The average Bonchev–Trinajstić information content (AvgIpc) is 2.17. The molecule has 0 bridgehead atoms. The first kappa shape index (κ1) is 13.1. The van der Waals surface area contributed by atoms with Gasteiger partial charge in [0.15, 0.2) is 5.11 Å². The highest BCUT2D eigenvalue weighted by Crippen LogP contribution is 1.95. The maximum Gasteiger partial charge on any atom is 0.168 e. The first-order chi connectivity index (χ1) is 6.61. The van der Waals surface area contributed by atoms with Gasteiger partial charge < -0.3 is 15.0 Å². The van der Waals surface area contributed by atoms with Crippen LogP contribution < -0.4 is 5.32 Å². The topological polar surface area (TPSA) is 48.3 Å². The second-order valence-electron chi connectivity index (χ2n) is 3.14. The Morgan fingerprint density at radius 3 is 2.86 bits per heavy atom. The molecule has 1 atom stereocenters. The van der Waals surface area contributed by atoms with Crippen molar-refractivity contribution in [3.8, 4) is 6.07 Å². The molecule has 0 aliphatic carbocycles. The molecule has 80 valence electrons. The van der Waals surface area contributed by atoms with Crippen molar-refractivity contribution in [2.75, 3.05) is 33.9 Å². The van der Waals surface area contributed by atoms with Crippen LogP contribution in [0.4, 0.5) is 0 Å². The van der Waals surface area contributed by atoms with E-state index in [0.29, 0.717) is 24.8 Å². The fourth-order valence-corrected chi connectivity index (χ4v) is 1.11. The minimum absolute atomic E-state index is 0.0119. The van der Waals surface area contributed by atoms with Gasteiger partial charge in [0.1, 0.15) is 0 Å². The normalized spacial score (nSPS) is 11.6. The van der Waals surface area contributed by atoms with E-state index in [1.807, 2.05) is 18.9 Å². The van der Waals surface area contributed by atoms with Gasteiger partial charge in [-0.25, -0.2) is 0 Å². The molecule has 0 saturated heterocycles. The Balaban J connectivity index is 3.71. The van der Waals surface area contributed by atoms with Crippen molar-refractivity contribution < 1.29 is 4.74 Å². The molecule has 0 heterocycles. The summed E-state index contributed by atoms with van der Waals surface area (Å²) in [6.45, 7) is 3.84. The van der Waals surface area contributed by atoms with Crippen molar-refractivity contribution in [1.82, 2.24) is 10.2 Å². The van der Waals surface area contributed by atoms with Gasteiger partial charge in [0.05, 0.1) is 18.6 Å². The summed E-state index contributed by atoms with van der Waals surface area (Å²) in [5.41, 5.74) is 0. The predicted octanol–water partition coefficient (Wildman–Crippen LogP) is 0.599. The molecule has 1 unspecified atom stereocenters. The van der Waals surface area contributed by atoms with Crippen LogP contribution in [-0.4, -0.2) is 43.9 Å². The summed E-state index contributed by atoms with van der Waals surface area (Å²) >= 11 is 5.11. The summed E-state index contributed by atoms with van der Waals surface area (Å²) in [6.07, 6.45) is 0. The van der Waals surface area contributed by atoms with Crippen LogP contribution in [-0.2, 0) is 4.74 Å². The first-order valence-electron chi connectivity index (χ1n) is 4.49. The number of nitrogens with zero attached hydrogens (tertiary/aromatic N) is 2. The van der Waals surface area contributed by atoms with Crippen LogP contribution in [0.15, 0.2) is 0 Å². The number of rotatable bonds is 5. The molecule has 4 nitrogen and oxygen atoms in total. The van der Waals surface area contributed by atoms with Gasteiger partial charge in [0, 0.05) is 27.2 Å². The molecule has 0 aromatic rings. The minimum Gasteiger partial charge on any atom is -0.383 e. The summed E-state index contributed by atoms with van der Waals surface area (Å²) in [5.74, 6) is -0.0119. The second kappa shape index (κ2) is 7.54. The Morgan fingerprint density at radius 1 is 1.71 bits per heavy atom. The van der Waals surface area contributed by atoms with Crippen LogP contribution in [0.3, 0.4) is 0 Å². The van der Waals surface area contributed by atoms with E-state index in [-0.39, 0.29) is 5.92 Å². The molecule has 0 fully saturated rings. The molecular formula is C9H17N3OS. The van der Waals surface area contributed by atoms with Crippen molar-refractivity contribution in [3.63, 3.8) is 0 Å². The third kappa shape index (κ3) is 5.73. The van der Waals surface area contributed by atoms with E-state index >= 15 is 0 Å². The predicted molar refractivity (Wildman–Crippen MR) is 59.9 cm³/mol. The van der Waals surface area contributed by atoms with E-state index in [1.165, 1.54) is 0 Å². The number of thiocarbonyl (C=S) groups is 1. The number of hydrogen-bond donors (Lipinski definition) is 1. The van der Waals surface area contributed by atoms with Crippen LogP contribution in [0.5, 0.6) is 0 Å². The number of nitrogens with one attached hydrogen (secondary N) is 1. The Morgan fingerprint density at radius 2 is 2.36 bits per heavy atom. The largest absolute Gasteiger partial charge is 0.383 e. The Kier molecular flexibility index (Phi) is 7.07. The van der Waals surface area contributed by atoms with E-state index in [2.05, 4.69) is 11.4 Å². The van der Waals surface area contributed by atoms with Crippen LogP contribution in [0.2, 0.25) is 0 Å². The average molecular weight is 215 g/mol. The third-order valence-electron chi connectivity index (χ3n) is 1.70. The van der Waals surface area contributed by atoms with Crippen molar-refractivity contribution >= 4 is 17.3 Å². The zero-order valence-electron chi connectivity index (χ0n) is 8.91. The van der Waals surface area contributed by atoms with Crippen molar-refractivity contribution in [2.24, 2.45) is 5.92 Å². The molecule has 0 rings (SSSR count). The molecule has 0 aliphatic rings. The van der Waals surface area contributed by atoms with Crippen molar-refractivity contribution in [3.05, 3.63) is 0 Å². The van der Waals surface area contributed by atoms with E-state index in [1.54, 1.807) is 7.11 Å². The molecule has 5 heteroatoms. The maximum atomic E-state index is 8.62. The summed E-state index contributed by atoms with van der Waals surface area (Å²) in [7, 11) is 3.52. The summed E-state index contributed by atoms with van der Waals surface area (Å²) < 4.78 is 4.88. The van der Waals surface area contributed by atoms with Gasteiger partial charge in [-0.1, -0.05) is 0 Å². The molecule has 0 aliphatic heterocycles.